The van der Waals surface area contributed by atoms with E-state index in [0.29, 0.717) is 6.42 Å². The van der Waals surface area contributed by atoms with Crippen molar-refractivity contribution in [2.45, 2.75) is 12.5 Å². The van der Waals surface area contributed by atoms with E-state index in [9.17, 15) is 0 Å². The molecule has 86 valence electrons. The summed E-state index contributed by atoms with van der Waals surface area (Å²) in [7, 11) is 0. The smallest absolute Gasteiger partial charge is 0.0647 e. The van der Waals surface area contributed by atoms with Gasteiger partial charge >= 0.3 is 0 Å². The van der Waals surface area contributed by atoms with E-state index < -0.39 is 0 Å². The number of fused-ring (bicyclic) bond motifs is 1. The molecule has 2 rings (SSSR count). The predicted molar refractivity (Wildman–Crippen MR) is 67.5 cm³/mol. The van der Waals surface area contributed by atoms with Gasteiger partial charge in [-0.15, -0.1) is 0 Å². The zero-order valence-corrected chi connectivity index (χ0v) is 9.32. The first-order valence-corrected chi connectivity index (χ1v) is 5.49. The van der Waals surface area contributed by atoms with Crippen LogP contribution < -0.4 is 0 Å². The van der Waals surface area contributed by atoms with Gasteiger partial charge in [-0.1, -0.05) is 47.6 Å². The van der Waals surface area contributed by atoms with Crippen LogP contribution in [0.1, 0.15) is 18.0 Å². The third kappa shape index (κ3) is 2.56. The maximum absolute atomic E-state index is 8.95. The van der Waals surface area contributed by atoms with Crippen LogP contribution in [0.2, 0.25) is 0 Å². The summed E-state index contributed by atoms with van der Waals surface area (Å²) in [5.41, 5.74) is 9.45. The van der Waals surface area contributed by atoms with Gasteiger partial charge in [0, 0.05) is 11.5 Å². The molecule has 2 aromatic rings. The number of benzene rings is 2. The molecule has 0 spiro atoms. The number of hydrogen-bond donors (Lipinski definition) is 1. The van der Waals surface area contributed by atoms with Crippen molar-refractivity contribution in [1.82, 2.24) is 0 Å². The fraction of sp³-hybridized carbons (Fsp3) is 0.231. The summed E-state index contributed by atoms with van der Waals surface area (Å²) in [6.07, 6.45) is 0.447. The number of azide groups is 1. The van der Waals surface area contributed by atoms with Crippen LogP contribution in [0.5, 0.6) is 0 Å². The van der Waals surface area contributed by atoms with Gasteiger partial charge in [0.2, 0.25) is 0 Å². The van der Waals surface area contributed by atoms with Gasteiger partial charge in [-0.05, 0) is 28.3 Å². The molecule has 0 saturated heterocycles. The molecule has 0 amide bonds. The van der Waals surface area contributed by atoms with Crippen LogP contribution in [0, 0.1) is 0 Å². The van der Waals surface area contributed by atoms with E-state index in [2.05, 4.69) is 10.0 Å². The minimum absolute atomic E-state index is 0.0104. The zero-order chi connectivity index (χ0) is 12.1. The van der Waals surface area contributed by atoms with E-state index in [1.807, 2.05) is 42.5 Å². The van der Waals surface area contributed by atoms with Gasteiger partial charge in [0.05, 0.1) is 6.04 Å². The lowest BCUT2D eigenvalue weighted by Crippen LogP contribution is -1.97. The van der Waals surface area contributed by atoms with Crippen LogP contribution in [-0.2, 0) is 0 Å². The molecule has 1 N–H and O–H groups in total. The second-order valence-electron chi connectivity index (χ2n) is 3.84. The molecule has 0 aliphatic heterocycles. The summed E-state index contributed by atoms with van der Waals surface area (Å²) in [6.45, 7) is 0.0104. The second kappa shape index (κ2) is 5.34. The Kier molecular flexibility index (Phi) is 3.60. The largest absolute Gasteiger partial charge is 0.396 e. The highest BCUT2D eigenvalue weighted by molar-refractivity contribution is 5.83. The Labute approximate surface area is 99.1 Å². The number of aliphatic hydroxyl groups is 1. The van der Waals surface area contributed by atoms with Crippen molar-refractivity contribution in [1.29, 1.82) is 0 Å². The first-order chi connectivity index (χ1) is 8.35. The van der Waals surface area contributed by atoms with Gasteiger partial charge in [0.15, 0.2) is 0 Å². The van der Waals surface area contributed by atoms with Gasteiger partial charge in [-0.3, -0.25) is 0 Å². The van der Waals surface area contributed by atoms with Crippen LogP contribution in [0.3, 0.4) is 0 Å². The lowest BCUT2D eigenvalue weighted by Gasteiger charge is -2.10. The zero-order valence-electron chi connectivity index (χ0n) is 9.32. The van der Waals surface area contributed by atoms with Gasteiger partial charge in [-0.25, -0.2) is 0 Å². The van der Waals surface area contributed by atoms with Crippen molar-refractivity contribution in [3.63, 3.8) is 0 Å². The Hall–Kier alpha value is -2.03. The van der Waals surface area contributed by atoms with Gasteiger partial charge in [-0.2, -0.15) is 0 Å². The molecule has 0 radical (unpaired) electrons. The summed E-state index contributed by atoms with van der Waals surface area (Å²) >= 11 is 0. The van der Waals surface area contributed by atoms with Crippen LogP contribution in [0.4, 0.5) is 0 Å². The number of aliphatic hydroxyl groups excluding tert-OH is 1. The first-order valence-electron chi connectivity index (χ1n) is 5.49. The predicted octanol–water partition coefficient (Wildman–Crippen LogP) is 3.57. The Bertz CT molecular complexity index is 561. The molecule has 2 aromatic carbocycles. The molecule has 0 bridgehead atoms. The highest BCUT2D eigenvalue weighted by Crippen LogP contribution is 2.25. The SMILES string of the molecule is [N-]=[N+]=NC(CCO)c1ccc2ccccc2c1. The minimum Gasteiger partial charge on any atom is -0.396 e. The van der Waals surface area contributed by atoms with Gasteiger partial charge < -0.3 is 5.11 Å². The lowest BCUT2D eigenvalue weighted by molar-refractivity contribution is 0.276. The van der Waals surface area contributed by atoms with Crippen LogP contribution >= 0.6 is 0 Å². The van der Waals surface area contributed by atoms with E-state index in [-0.39, 0.29) is 12.6 Å². The van der Waals surface area contributed by atoms with E-state index in [1.165, 1.54) is 0 Å². The highest BCUT2D eigenvalue weighted by atomic mass is 16.3. The summed E-state index contributed by atoms with van der Waals surface area (Å²) in [5, 5.41) is 14.9. The third-order valence-corrected chi connectivity index (χ3v) is 2.75. The fourth-order valence-electron chi connectivity index (χ4n) is 1.89. The van der Waals surface area contributed by atoms with E-state index in [4.69, 9.17) is 10.6 Å². The molecule has 0 heterocycles. The molecule has 4 heteroatoms. The summed E-state index contributed by atoms with van der Waals surface area (Å²) in [5.74, 6) is 0. The van der Waals surface area contributed by atoms with Crippen molar-refractivity contribution in [2.75, 3.05) is 6.61 Å². The van der Waals surface area contributed by atoms with E-state index >= 15 is 0 Å². The summed E-state index contributed by atoms with van der Waals surface area (Å²) in [6, 6.07) is 13.7. The summed E-state index contributed by atoms with van der Waals surface area (Å²) in [4.78, 5) is 2.82. The van der Waals surface area contributed by atoms with Crippen LogP contribution in [0.15, 0.2) is 47.6 Å². The number of hydrogen-bond acceptors (Lipinski definition) is 2. The Balaban J connectivity index is 2.43. The molecule has 0 fully saturated rings. The standard InChI is InChI=1S/C13H13N3O/c14-16-15-13(7-8-17)12-6-5-10-3-1-2-4-11(10)9-12/h1-6,9,13,17H,7-8H2. The monoisotopic (exact) mass is 227 g/mol. The molecule has 0 aliphatic carbocycles. The molecule has 0 saturated carbocycles. The second-order valence-corrected chi connectivity index (χ2v) is 3.84. The Morgan fingerprint density at radius 1 is 1.18 bits per heavy atom. The minimum atomic E-state index is -0.297. The molecular formula is C13H13N3O. The average molecular weight is 227 g/mol. The maximum Gasteiger partial charge on any atom is 0.0647 e. The molecule has 4 nitrogen and oxygen atoms in total. The van der Waals surface area contributed by atoms with Gasteiger partial charge in [0.1, 0.15) is 0 Å². The number of nitrogens with zero attached hydrogens (tertiary/aromatic N) is 3. The van der Waals surface area contributed by atoms with Crippen molar-refractivity contribution < 1.29 is 5.11 Å². The van der Waals surface area contributed by atoms with Gasteiger partial charge in [0.25, 0.3) is 0 Å². The summed E-state index contributed by atoms with van der Waals surface area (Å²) < 4.78 is 0. The van der Waals surface area contributed by atoms with Crippen molar-refractivity contribution >= 4 is 10.8 Å². The average Bonchev–Trinajstić information content (AvgIpc) is 2.38. The fourth-order valence-corrected chi connectivity index (χ4v) is 1.89. The van der Waals surface area contributed by atoms with Crippen molar-refractivity contribution in [3.05, 3.63) is 58.5 Å². The molecular weight excluding hydrogens is 214 g/mol. The first kappa shape index (κ1) is 11.5. The Morgan fingerprint density at radius 2 is 1.94 bits per heavy atom. The molecule has 1 unspecified atom stereocenters. The molecule has 1 atom stereocenters. The van der Waals surface area contributed by atoms with E-state index in [1.54, 1.807) is 0 Å². The lowest BCUT2D eigenvalue weighted by atomic mass is 10.0. The van der Waals surface area contributed by atoms with Crippen LogP contribution in [-0.4, -0.2) is 11.7 Å². The topological polar surface area (TPSA) is 69.0 Å². The van der Waals surface area contributed by atoms with Crippen LogP contribution in [0.25, 0.3) is 21.2 Å². The normalized spacial score (nSPS) is 12.1. The van der Waals surface area contributed by atoms with E-state index in [0.717, 1.165) is 16.3 Å². The number of rotatable bonds is 4. The van der Waals surface area contributed by atoms with Crippen molar-refractivity contribution in [3.8, 4) is 0 Å². The maximum atomic E-state index is 8.95. The molecule has 0 aliphatic rings. The third-order valence-electron chi connectivity index (χ3n) is 2.75. The highest BCUT2D eigenvalue weighted by Gasteiger charge is 2.09. The molecule has 17 heavy (non-hydrogen) atoms. The quantitative estimate of drug-likeness (QED) is 0.484. The van der Waals surface area contributed by atoms with Crippen molar-refractivity contribution in [2.24, 2.45) is 5.11 Å². The molecule has 0 aromatic heterocycles. The Morgan fingerprint density at radius 3 is 2.65 bits per heavy atom.